The maximum absolute atomic E-state index is 5.72. The quantitative estimate of drug-likeness (QED) is 0.743. The third-order valence-corrected chi connectivity index (χ3v) is 3.01. The van der Waals surface area contributed by atoms with Gasteiger partial charge in [0.1, 0.15) is 18.2 Å². The fourth-order valence-corrected chi connectivity index (χ4v) is 1.86. The number of nitrogens with one attached hydrogen (secondary N) is 1. The van der Waals surface area contributed by atoms with Gasteiger partial charge in [-0.15, -0.1) is 0 Å². The minimum atomic E-state index is 0.377. The van der Waals surface area contributed by atoms with E-state index in [0.717, 1.165) is 24.9 Å². The number of nitrogens with two attached hydrogens (primary N) is 1. The standard InChI is InChI=1S/C12H21N5O/c1-17(9-3-4-9)6-5-14-11-7-10(13)15-12(16-11)8-18-2/h7,9H,3-6,8H2,1-2H3,(H3,13,14,15,16). The third-order valence-electron chi connectivity index (χ3n) is 3.01. The van der Waals surface area contributed by atoms with Gasteiger partial charge in [-0.3, -0.25) is 0 Å². The van der Waals surface area contributed by atoms with Gasteiger partial charge >= 0.3 is 0 Å². The van der Waals surface area contributed by atoms with Crippen LogP contribution >= 0.6 is 0 Å². The fourth-order valence-electron chi connectivity index (χ4n) is 1.86. The fraction of sp³-hybridized carbons (Fsp3) is 0.667. The van der Waals surface area contributed by atoms with Crippen LogP contribution in [0.3, 0.4) is 0 Å². The SMILES string of the molecule is COCc1nc(N)cc(NCCN(C)C2CC2)n1. The van der Waals surface area contributed by atoms with Crippen molar-refractivity contribution in [2.24, 2.45) is 0 Å². The zero-order chi connectivity index (χ0) is 13.0. The second-order valence-electron chi connectivity index (χ2n) is 4.67. The van der Waals surface area contributed by atoms with Crippen LogP contribution in [0.2, 0.25) is 0 Å². The summed E-state index contributed by atoms with van der Waals surface area (Å²) in [7, 11) is 3.77. The van der Waals surface area contributed by atoms with Crippen LogP contribution in [0, 0.1) is 0 Å². The molecule has 1 saturated carbocycles. The molecule has 6 nitrogen and oxygen atoms in total. The Bertz CT molecular complexity index is 394. The van der Waals surface area contributed by atoms with Crippen LogP contribution in [0.4, 0.5) is 11.6 Å². The maximum Gasteiger partial charge on any atom is 0.158 e. The van der Waals surface area contributed by atoms with Crippen molar-refractivity contribution in [3.05, 3.63) is 11.9 Å². The van der Waals surface area contributed by atoms with Gasteiger partial charge < -0.3 is 20.7 Å². The molecule has 0 atom stereocenters. The Kier molecular flexibility index (Phi) is 4.33. The second-order valence-corrected chi connectivity index (χ2v) is 4.67. The van der Waals surface area contributed by atoms with Gasteiger partial charge in [0.05, 0.1) is 0 Å². The van der Waals surface area contributed by atoms with Crippen molar-refractivity contribution < 1.29 is 4.74 Å². The molecule has 18 heavy (non-hydrogen) atoms. The molecule has 1 fully saturated rings. The molecule has 0 bridgehead atoms. The molecule has 1 heterocycles. The molecular formula is C12H21N5O. The van der Waals surface area contributed by atoms with E-state index in [0.29, 0.717) is 18.2 Å². The van der Waals surface area contributed by atoms with Crippen LogP contribution in [0.25, 0.3) is 0 Å². The molecule has 0 amide bonds. The molecule has 0 radical (unpaired) electrons. The largest absolute Gasteiger partial charge is 0.384 e. The summed E-state index contributed by atoms with van der Waals surface area (Å²) in [5.41, 5.74) is 5.72. The molecule has 0 spiro atoms. The van der Waals surface area contributed by atoms with Crippen LogP contribution in [-0.2, 0) is 11.3 Å². The number of anilines is 2. The van der Waals surface area contributed by atoms with Crippen molar-refractivity contribution in [2.45, 2.75) is 25.5 Å². The number of likely N-dealkylation sites (N-methyl/N-ethyl adjacent to an activating group) is 1. The molecule has 100 valence electrons. The predicted octanol–water partition coefficient (Wildman–Crippen LogP) is 0.711. The van der Waals surface area contributed by atoms with Gasteiger partial charge in [-0.1, -0.05) is 0 Å². The molecular weight excluding hydrogens is 230 g/mol. The molecule has 1 aliphatic carbocycles. The lowest BCUT2D eigenvalue weighted by atomic mass is 10.4. The van der Waals surface area contributed by atoms with Gasteiger partial charge in [-0.25, -0.2) is 9.97 Å². The van der Waals surface area contributed by atoms with E-state index in [4.69, 9.17) is 10.5 Å². The van der Waals surface area contributed by atoms with E-state index < -0.39 is 0 Å². The molecule has 3 N–H and O–H groups in total. The van der Waals surface area contributed by atoms with Crippen LogP contribution < -0.4 is 11.1 Å². The lowest BCUT2D eigenvalue weighted by Crippen LogP contribution is -2.27. The van der Waals surface area contributed by atoms with Gasteiger partial charge in [0.2, 0.25) is 0 Å². The highest BCUT2D eigenvalue weighted by Gasteiger charge is 2.25. The molecule has 2 rings (SSSR count). The normalized spacial score (nSPS) is 15.1. The Morgan fingerprint density at radius 3 is 2.94 bits per heavy atom. The van der Waals surface area contributed by atoms with E-state index in [1.807, 2.05) is 0 Å². The van der Waals surface area contributed by atoms with Crippen molar-refractivity contribution in [2.75, 3.05) is 38.3 Å². The van der Waals surface area contributed by atoms with E-state index >= 15 is 0 Å². The van der Waals surface area contributed by atoms with Crippen LogP contribution in [0.5, 0.6) is 0 Å². The predicted molar refractivity (Wildman–Crippen MR) is 71.3 cm³/mol. The zero-order valence-corrected chi connectivity index (χ0v) is 11.0. The summed E-state index contributed by atoms with van der Waals surface area (Å²) in [6.45, 7) is 2.24. The van der Waals surface area contributed by atoms with Gasteiger partial charge in [-0.05, 0) is 19.9 Å². The van der Waals surface area contributed by atoms with Crippen molar-refractivity contribution >= 4 is 11.6 Å². The zero-order valence-electron chi connectivity index (χ0n) is 11.0. The monoisotopic (exact) mass is 251 g/mol. The van der Waals surface area contributed by atoms with Crippen LogP contribution in [-0.4, -0.2) is 48.2 Å². The van der Waals surface area contributed by atoms with E-state index in [9.17, 15) is 0 Å². The number of methoxy groups -OCH3 is 1. The second kappa shape index (κ2) is 5.97. The summed E-state index contributed by atoms with van der Waals surface area (Å²) in [6, 6.07) is 2.53. The molecule has 1 aromatic heterocycles. The average molecular weight is 251 g/mol. The highest BCUT2D eigenvalue weighted by atomic mass is 16.5. The minimum Gasteiger partial charge on any atom is -0.384 e. The summed E-state index contributed by atoms with van der Waals surface area (Å²) >= 11 is 0. The van der Waals surface area contributed by atoms with Crippen LogP contribution in [0.15, 0.2) is 6.07 Å². The summed E-state index contributed by atoms with van der Waals surface area (Å²) in [4.78, 5) is 10.8. The lowest BCUT2D eigenvalue weighted by molar-refractivity contribution is 0.178. The van der Waals surface area contributed by atoms with Gasteiger partial charge in [-0.2, -0.15) is 0 Å². The topological polar surface area (TPSA) is 76.3 Å². The first kappa shape index (κ1) is 13.0. The number of ether oxygens (including phenoxy) is 1. The van der Waals surface area contributed by atoms with Crippen molar-refractivity contribution in [1.82, 2.24) is 14.9 Å². The molecule has 0 saturated heterocycles. The highest BCUT2D eigenvalue weighted by Crippen LogP contribution is 2.24. The summed E-state index contributed by atoms with van der Waals surface area (Å²) in [6.07, 6.45) is 2.66. The Hall–Kier alpha value is -1.40. The van der Waals surface area contributed by atoms with Crippen molar-refractivity contribution in [3.8, 4) is 0 Å². The molecule has 0 aromatic carbocycles. The molecule has 1 aromatic rings. The Morgan fingerprint density at radius 1 is 1.50 bits per heavy atom. The van der Waals surface area contributed by atoms with Crippen molar-refractivity contribution in [1.29, 1.82) is 0 Å². The van der Waals surface area contributed by atoms with E-state index in [2.05, 4.69) is 27.2 Å². The van der Waals surface area contributed by atoms with Gasteiger partial charge in [0, 0.05) is 32.3 Å². The molecule has 0 unspecified atom stereocenters. The number of aromatic nitrogens is 2. The molecule has 1 aliphatic rings. The van der Waals surface area contributed by atoms with Gasteiger partial charge in [0.15, 0.2) is 5.82 Å². The third kappa shape index (κ3) is 3.82. The van der Waals surface area contributed by atoms with E-state index in [1.54, 1.807) is 13.2 Å². The number of hydrogen-bond acceptors (Lipinski definition) is 6. The lowest BCUT2D eigenvalue weighted by Gasteiger charge is -2.16. The highest BCUT2D eigenvalue weighted by molar-refractivity contribution is 5.44. The summed E-state index contributed by atoms with van der Waals surface area (Å²) in [5.74, 6) is 1.84. The first-order chi connectivity index (χ1) is 8.69. The summed E-state index contributed by atoms with van der Waals surface area (Å²) in [5, 5.41) is 3.27. The Morgan fingerprint density at radius 2 is 2.28 bits per heavy atom. The number of rotatable bonds is 7. The maximum atomic E-state index is 5.72. The van der Waals surface area contributed by atoms with Gasteiger partial charge in [0.25, 0.3) is 0 Å². The summed E-state index contributed by atoms with van der Waals surface area (Å²) < 4.78 is 5.00. The van der Waals surface area contributed by atoms with E-state index in [1.165, 1.54) is 12.8 Å². The molecule has 0 aliphatic heterocycles. The Balaban J connectivity index is 1.83. The average Bonchev–Trinajstić information content (AvgIpc) is 3.12. The first-order valence-electron chi connectivity index (χ1n) is 6.25. The van der Waals surface area contributed by atoms with Crippen LogP contribution in [0.1, 0.15) is 18.7 Å². The Labute approximate surface area is 108 Å². The smallest absolute Gasteiger partial charge is 0.158 e. The van der Waals surface area contributed by atoms with Crippen molar-refractivity contribution in [3.63, 3.8) is 0 Å². The minimum absolute atomic E-state index is 0.377. The number of nitrogen functional groups attached to an aromatic ring is 1. The number of nitrogens with zero attached hydrogens (tertiary/aromatic N) is 3. The van der Waals surface area contributed by atoms with E-state index in [-0.39, 0.29) is 0 Å². The number of hydrogen-bond donors (Lipinski definition) is 2. The molecule has 6 heteroatoms. The first-order valence-corrected chi connectivity index (χ1v) is 6.25.